The van der Waals surface area contributed by atoms with Crippen LogP contribution in [0.2, 0.25) is 5.02 Å². The Morgan fingerprint density at radius 1 is 1.32 bits per heavy atom. The Labute approximate surface area is 120 Å². The summed E-state index contributed by atoms with van der Waals surface area (Å²) in [5.74, 6) is 0.972. The van der Waals surface area contributed by atoms with Crippen molar-refractivity contribution in [2.75, 3.05) is 39.8 Å². The average molecular weight is 283 g/mol. The molecule has 0 saturated carbocycles. The maximum absolute atomic E-state index is 6.40. The molecule has 3 nitrogen and oxygen atoms in total. The Bertz CT molecular complexity index is 442. The van der Waals surface area contributed by atoms with Gasteiger partial charge < -0.3 is 15.0 Å². The Kier molecular flexibility index (Phi) is 5.08. The van der Waals surface area contributed by atoms with Crippen molar-refractivity contribution in [1.29, 1.82) is 0 Å². The van der Waals surface area contributed by atoms with E-state index in [1.165, 1.54) is 11.1 Å². The van der Waals surface area contributed by atoms with Gasteiger partial charge in [0.05, 0.1) is 7.11 Å². The van der Waals surface area contributed by atoms with Gasteiger partial charge in [-0.25, -0.2) is 0 Å². The minimum Gasteiger partial charge on any atom is -0.496 e. The van der Waals surface area contributed by atoms with Crippen LogP contribution in [0.25, 0.3) is 0 Å². The molecule has 0 spiro atoms. The van der Waals surface area contributed by atoms with Crippen LogP contribution in [0.3, 0.4) is 0 Å². The number of aryl methyl sites for hydroxylation is 1. The number of halogens is 1. The third-order valence-corrected chi connectivity index (χ3v) is 4.21. The summed E-state index contributed by atoms with van der Waals surface area (Å²) in [6, 6.07) is 2.01. The van der Waals surface area contributed by atoms with E-state index >= 15 is 0 Å². The van der Waals surface area contributed by atoms with Gasteiger partial charge in [-0.15, -0.1) is 0 Å². The first-order valence-electron chi connectivity index (χ1n) is 6.89. The number of hydrogen-bond donors (Lipinski definition) is 1. The number of methoxy groups -OCH3 is 1. The summed E-state index contributed by atoms with van der Waals surface area (Å²) in [5, 5.41) is 4.24. The largest absolute Gasteiger partial charge is 0.496 e. The number of rotatable bonds is 4. The highest BCUT2D eigenvalue weighted by atomic mass is 35.5. The van der Waals surface area contributed by atoms with Crippen molar-refractivity contribution in [3.05, 3.63) is 27.8 Å². The molecule has 1 saturated heterocycles. The third-order valence-electron chi connectivity index (χ3n) is 3.87. The van der Waals surface area contributed by atoms with E-state index in [1.54, 1.807) is 7.11 Å². The molecule has 0 aromatic heterocycles. The van der Waals surface area contributed by atoms with Crippen molar-refractivity contribution >= 4 is 11.6 Å². The molecule has 0 bridgehead atoms. The highest BCUT2D eigenvalue weighted by molar-refractivity contribution is 6.31. The second-order valence-electron chi connectivity index (χ2n) is 5.15. The van der Waals surface area contributed by atoms with Crippen LogP contribution in [0.4, 0.5) is 0 Å². The Balaban J connectivity index is 2.10. The number of benzene rings is 1. The molecule has 19 heavy (non-hydrogen) atoms. The van der Waals surface area contributed by atoms with Gasteiger partial charge in [-0.1, -0.05) is 11.6 Å². The van der Waals surface area contributed by atoms with Crippen LogP contribution < -0.4 is 10.1 Å². The molecule has 1 aliphatic heterocycles. The van der Waals surface area contributed by atoms with Gasteiger partial charge in [0, 0.05) is 37.7 Å². The topological polar surface area (TPSA) is 24.5 Å². The molecule has 0 radical (unpaired) electrons. The van der Waals surface area contributed by atoms with Crippen LogP contribution in [0.15, 0.2) is 6.07 Å². The second-order valence-corrected chi connectivity index (χ2v) is 5.56. The van der Waals surface area contributed by atoms with E-state index in [0.29, 0.717) is 0 Å². The van der Waals surface area contributed by atoms with Crippen LogP contribution in [-0.4, -0.2) is 44.7 Å². The molecule has 0 amide bonds. The van der Waals surface area contributed by atoms with E-state index in [2.05, 4.69) is 17.1 Å². The van der Waals surface area contributed by atoms with Crippen LogP contribution in [0.5, 0.6) is 5.75 Å². The molecule has 1 aromatic carbocycles. The molecular formula is C15H23ClN2O. The lowest BCUT2D eigenvalue weighted by molar-refractivity contribution is 0.243. The SMILES string of the molecule is COc1c(C)cc(Cl)c(CCN2CCNCC2)c1C. The maximum Gasteiger partial charge on any atom is 0.125 e. The molecule has 1 N–H and O–H groups in total. The zero-order valence-corrected chi connectivity index (χ0v) is 12.8. The summed E-state index contributed by atoms with van der Waals surface area (Å²) in [6.07, 6.45) is 0.987. The first-order chi connectivity index (χ1) is 9.13. The smallest absolute Gasteiger partial charge is 0.125 e. The van der Waals surface area contributed by atoms with Crippen molar-refractivity contribution in [3.63, 3.8) is 0 Å². The monoisotopic (exact) mass is 282 g/mol. The Hall–Kier alpha value is -0.770. The van der Waals surface area contributed by atoms with Gasteiger partial charge in [0.15, 0.2) is 0 Å². The number of nitrogens with zero attached hydrogens (tertiary/aromatic N) is 1. The molecule has 0 aliphatic carbocycles. The van der Waals surface area contributed by atoms with Crippen LogP contribution >= 0.6 is 11.6 Å². The van der Waals surface area contributed by atoms with E-state index in [4.69, 9.17) is 16.3 Å². The van der Waals surface area contributed by atoms with Gasteiger partial charge in [-0.2, -0.15) is 0 Å². The minimum atomic E-state index is 0.867. The highest BCUT2D eigenvalue weighted by Gasteiger charge is 2.15. The normalized spacial score (nSPS) is 16.6. The quantitative estimate of drug-likeness (QED) is 0.918. The van der Waals surface area contributed by atoms with Crippen molar-refractivity contribution in [2.45, 2.75) is 20.3 Å². The fourth-order valence-electron chi connectivity index (χ4n) is 2.78. The number of piperazine rings is 1. The Morgan fingerprint density at radius 3 is 2.63 bits per heavy atom. The molecule has 1 aromatic rings. The first kappa shape index (κ1) is 14.6. The summed E-state index contributed by atoms with van der Waals surface area (Å²) in [5.41, 5.74) is 3.52. The molecule has 0 unspecified atom stereocenters. The molecule has 106 valence electrons. The first-order valence-corrected chi connectivity index (χ1v) is 7.27. The lowest BCUT2D eigenvalue weighted by Gasteiger charge is -2.27. The fourth-order valence-corrected chi connectivity index (χ4v) is 3.18. The number of nitrogens with one attached hydrogen (secondary N) is 1. The molecule has 1 fully saturated rings. The predicted octanol–water partition coefficient (Wildman–Crippen LogP) is 2.41. The molecule has 0 atom stereocenters. The third kappa shape index (κ3) is 3.41. The van der Waals surface area contributed by atoms with Gasteiger partial charge in [-0.3, -0.25) is 0 Å². The predicted molar refractivity (Wildman–Crippen MR) is 80.5 cm³/mol. The lowest BCUT2D eigenvalue weighted by Crippen LogP contribution is -2.44. The molecule has 2 rings (SSSR count). The number of ether oxygens (including phenoxy) is 1. The Morgan fingerprint density at radius 2 is 2.00 bits per heavy atom. The van der Waals surface area contributed by atoms with E-state index in [-0.39, 0.29) is 0 Å². The summed E-state index contributed by atoms with van der Waals surface area (Å²) >= 11 is 6.40. The summed E-state index contributed by atoms with van der Waals surface area (Å²) < 4.78 is 5.48. The standard InChI is InChI=1S/C15H23ClN2O/c1-11-10-14(16)13(12(2)15(11)19-3)4-7-18-8-5-17-6-9-18/h10,17H,4-9H2,1-3H3. The van der Waals surface area contributed by atoms with E-state index in [1.807, 2.05) is 13.0 Å². The fraction of sp³-hybridized carbons (Fsp3) is 0.600. The van der Waals surface area contributed by atoms with Gasteiger partial charge in [0.25, 0.3) is 0 Å². The zero-order valence-electron chi connectivity index (χ0n) is 12.1. The van der Waals surface area contributed by atoms with Crippen LogP contribution in [0, 0.1) is 13.8 Å². The lowest BCUT2D eigenvalue weighted by atomic mass is 10.0. The second kappa shape index (κ2) is 6.60. The summed E-state index contributed by atoms with van der Waals surface area (Å²) in [6.45, 7) is 9.63. The van der Waals surface area contributed by atoms with Crippen LogP contribution in [0.1, 0.15) is 16.7 Å². The van der Waals surface area contributed by atoms with Crippen molar-refractivity contribution < 1.29 is 4.74 Å². The molecular weight excluding hydrogens is 260 g/mol. The number of hydrogen-bond acceptors (Lipinski definition) is 3. The van der Waals surface area contributed by atoms with Gasteiger partial charge in [-0.05, 0) is 43.0 Å². The van der Waals surface area contributed by atoms with Gasteiger partial charge in [0.2, 0.25) is 0 Å². The van der Waals surface area contributed by atoms with Crippen molar-refractivity contribution in [1.82, 2.24) is 10.2 Å². The minimum absolute atomic E-state index is 0.867. The van der Waals surface area contributed by atoms with Gasteiger partial charge in [0.1, 0.15) is 5.75 Å². The van der Waals surface area contributed by atoms with Crippen LogP contribution in [-0.2, 0) is 6.42 Å². The van der Waals surface area contributed by atoms with Gasteiger partial charge >= 0.3 is 0 Å². The van der Waals surface area contributed by atoms with E-state index in [9.17, 15) is 0 Å². The molecule has 1 heterocycles. The van der Waals surface area contributed by atoms with Crippen molar-refractivity contribution in [2.24, 2.45) is 0 Å². The zero-order chi connectivity index (χ0) is 13.8. The van der Waals surface area contributed by atoms with Crippen molar-refractivity contribution in [3.8, 4) is 5.75 Å². The summed E-state index contributed by atoms with van der Waals surface area (Å²) in [7, 11) is 1.73. The van der Waals surface area contributed by atoms with E-state index in [0.717, 1.165) is 55.5 Å². The highest BCUT2D eigenvalue weighted by Crippen LogP contribution is 2.32. The molecule has 1 aliphatic rings. The molecule has 4 heteroatoms. The summed E-state index contributed by atoms with van der Waals surface area (Å²) in [4.78, 5) is 2.48. The average Bonchev–Trinajstić information content (AvgIpc) is 2.39. The van der Waals surface area contributed by atoms with E-state index < -0.39 is 0 Å². The maximum atomic E-state index is 6.40.